The lowest BCUT2D eigenvalue weighted by Gasteiger charge is -2.31. The van der Waals surface area contributed by atoms with Crippen molar-refractivity contribution in [2.45, 2.75) is 33.1 Å². The molecular formula is C24H30N2O4. The van der Waals surface area contributed by atoms with Crippen molar-refractivity contribution in [1.82, 2.24) is 4.90 Å². The number of anilines is 1. The van der Waals surface area contributed by atoms with Gasteiger partial charge in [-0.2, -0.15) is 0 Å². The van der Waals surface area contributed by atoms with Crippen molar-refractivity contribution < 1.29 is 19.1 Å². The predicted octanol–water partition coefficient (Wildman–Crippen LogP) is 4.07. The van der Waals surface area contributed by atoms with E-state index in [1.807, 2.05) is 25.1 Å². The summed E-state index contributed by atoms with van der Waals surface area (Å²) in [5.41, 5.74) is 3.70. The number of benzene rings is 2. The van der Waals surface area contributed by atoms with Crippen LogP contribution in [0.5, 0.6) is 11.5 Å². The average molecular weight is 411 g/mol. The Morgan fingerprint density at radius 2 is 1.77 bits per heavy atom. The Bertz CT molecular complexity index is 917. The second-order valence-electron chi connectivity index (χ2n) is 7.59. The third kappa shape index (κ3) is 4.58. The number of carbonyl (C=O) groups excluding carboxylic acids is 2. The van der Waals surface area contributed by atoms with Crippen LogP contribution in [0.2, 0.25) is 0 Å². The van der Waals surface area contributed by atoms with Crippen LogP contribution in [0, 0.1) is 12.8 Å². The molecule has 1 saturated heterocycles. The molecule has 2 aromatic carbocycles. The lowest BCUT2D eigenvalue weighted by molar-refractivity contribution is -0.121. The zero-order valence-electron chi connectivity index (χ0n) is 18.2. The molecule has 30 heavy (non-hydrogen) atoms. The van der Waals surface area contributed by atoms with Crippen LogP contribution in [0.4, 0.5) is 5.69 Å². The Hall–Kier alpha value is -3.02. The van der Waals surface area contributed by atoms with Crippen LogP contribution in [0.15, 0.2) is 36.4 Å². The van der Waals surface area contributed by atoms with Crippen LogP contribution in [0.3, 0.4) is 0 Å². The molecule has 1 aliphatic heterocycles. The van der Waals surface area contributed by atoms with E-state index in [9.17, 15) is 9.59 Å². The van der Waals surface area contributed by atoms with Gasteiger partial charge < -0.3 is 19.7 Å². The lowest BCUT2D eigenvalue weighted by atomic mass is 9.94. The molecule has 1 aliphatic rings. The smallest absolute Gasteiger partial charge is 0.253 e. The molecule has 1 heterocycles. The maximum atomic E-state index is 12.9. The van der Waals surface area contributed by atoms with E-state index in [4.69, 9.17) is 9.47 Å². The fraction of sp³-hybridized carbons (Fsp3) is 0.417. The normalized spacial score (nSPS) is 14.3. The average Bonchev–Trinajstić information content (AvgIpc) is 2.79. The van der Waals surface area contributed by atoms with Crippen molar-refractivity contribution >= 4 is 17.5 Å². The number of hydrogen-bond acceptors (Lipinski definition) is 4. The van der Waals surface area contributed by atoms with Gasteiger partial charge in [0.1, 0.15) is 0 Å². The summed E-state index contributed by atoms with van der Waals surface area (Å²) >= 11 is 0. The maximum absolute atomic E-state index is 12.9. The molecule has 0 aromatic heterocycles. The number of carbonyl (C=O) groups is 2. The molecule has 3 rings (SSSR count). The monoisotopic (exact) mass is 410 g/mol. The number of nitrogens with one attached hydrogen (secondary N) is 1. The summed E-state index contributed by atoms with van der Waals surface area (Å²) in [5.74, 6) is 1.01. The molecule has 0 saturated carbocycles. The minimum absolute atomic E-state index is 0.0391. The number of aryl methyl sites for hydroxylation is 2. The van der Waals surface area contributed by atoms with E-state index in [0.29, 0.717) is 43.0 Å². The van der Waals surface area contributed by atoms with Gasteiger partial charge in [-0.3, -0.25) is 9.59 Å². The van der Waals surface area contributed by atoms with Crippen molar-refractivity contribution in [1.29, 1.82) is 0 Å². The highest BCUT2D eigenvalue weighted by molar-refractivity contribution is 5.96. The van der Waals surface area contributed by atoms with Crippen LogP contribution in [0.1, 0.15) is 41.3 Å². The first kappa shape index (κ1) is 21.7. The Morgan fingerprint density at radius 3 is 2.40 bits per heavy atom. The SMILES string of the molecule is CCc1cccc(C)c1NC(=O)C1CCN(C(=O)c2ccc(OC)c(OC)c2)CC1. The van der Waals surface area contributed by atoms with E-state index in [-0.39, 0.29) is 17.7 Å². The topological polar surface area (TPSA) is 67.9 Å². The largest absolute Gasteiger partial charge is 0.493 e. The molecule has 0 radical (unpaired) electrons. The van der Waals surface area contributed by atoms with Gasteiger partial charge in [-0.25, -0.2) is 0 Å². The maximum Gasteiger partial charge on any atom is 0.253 e. The van der Waals surface area contributed by atoms with E-state index < -0.39 is 0 Å². The second-order valence-corrected chi connectivity index (χ2v) is 7.59. The highest BCUT2D eigenvalue weighted by atomic mass is 16.5. The number of nitrogens with zero attached hydrogens (tertiary/aromatic N) is 1. The van der Waals surface area contributed by atoms with E-state index >= 15 is 0 Å². The van der Waals surface area contributed by atoms with Gasteiger partial charge in [-0.05, 0) is 55.5 Å². The molecule has 2 aromatic rings. The van der Waals surface area contributed by atoms with Crippen LogP contribution < -0.4 is 14.8 Å². The fourth-order valence-electron chi connectivity index (χ4n) is 3.92. The van der Waals surface area contributed by atoms with Crippen LogP contribution >= 0.6 is 0 Å². The summed E-state index contributed by atoms with van der Waals surface area (Å²) in [5, 5.41) is 3.13. The number of likely N-dealkylation sites (tertiary alicyclic amines) is 1. The second kappa shape index (κ2) is 9.65. The zero-order chi connectivity index (χ0) is 21.7. The Labute approximate surface area is 178 Å². The Morgan fingerprint density at radius 1 is 1.07 bits per heavy atom. The number of ether oxygens (including phenoxy) is 2. The summed E-state index contributed by atoms with van der Waals surface area (Å²) in [4.78, 5) is 27.5. The molecule has 0 bridgehead atoms. The minimum atomic E-state index is -0.0937. The third-order valence-electron chi connectivity index (χ3n) is 5.77. The van der Waals surface area contributed by atoms with Crippen molar-refractivity contribution in [3.05, 3.63) is 53.1 Å². The zero-order valence-corrected chi connectivity index (χ0v) is 18.2. The number of rotatable bonds is 6. The Balaban J connectivity index is 1.62. The van der Waals surface area contributed by atoms with Gasteiger partial charge in [0.05, 0.1) is 14.2 Å². The van der Waals surface area contributed by atoms with E-state index in [2.05, 4.69) is 12.2 Å². The fourth-order valence-corrected chi connectivity index (χ4v) is 3.92. The number of amides is 2. The molecular weight excluding hydrogens is 380 g/mol. The summed E-state index contributed by atoms with van der Waals surface area (Å²) in [6.07, 6.45) is 2.17. The van der Waals surface area contributed by atoms with Gasteiger partial charge in [0.2, 0.25) is 5.91 Å². The highest BCUT2D eigenvalue weighted by Gasteiger charge is 2.28. The van der Waals surface area contributed by atoms with Gasteiger partial charge in [-0.15, -0.1) is 0 Å². The number of methoxy groups -OCH3 is 2. The molecule has 1 fully saturated rings. The van der Waals surface area contributed by atoms with E-state index in [0.717, 1.165) is 23.2 Å². The standard InChI is InChI=1S/C24H30N2O4/c1-5-17-8-6-7-16(2)22(17)25-23(27)18-11-13-26(14-12-18)24(28)19-9-10-20(29-3)21(15-19)30-4/h6-10,15,18H,5,11-14H2,1-4H3,(H,25,27). The van der Waals surface area contributed by atoms with Gasteiger partial charge in [0, 0.05) is 30.3 Å². The van der Waals surface area contributed by atoms with Gasteiger partial charge >= 0.3 is 0 Å². The van der Waals surface area contributed by atoms with Crippen LogP contribution in [-0.2, 0) is 11.2 Å². The summed E-state index contributed by atoms with van der Waals surface area (Å²) in [6.45, 7) is 5.21. The summed E-state index contributed by atoms with van der Waals surface area (Å²) < 4.78 is 10.5. The molecule has 160 valence electrons. The molecule has 6 heteroatoms. The predicted molar refractivity (Wildman–Crippen MR) is 117 cm³/mol. The van der Waals surface area contributed by atoms with Crippen LogP contribution in [-0.4, -0.2) is 44.0 Å². The van der Waals surface area contributed by atoms with Crippen LogP contribution in [0.25, 0.3) is 0 Å². The molecule has 1 N–H and O–H groups in total. The van der Waals surface area contributed by atoms with E-state index in [1.165, 1.54) is 0 Å². The molecule has 0 spiro atoms. The van der Waals surface area contributed by atoms with Gasteiger partial charge in [0.25, 0.3) is 5.91 Å². The van der Waals surface area contributed by atoms with Crippen molar-refractivity contribution in [3.63, 3.8) is 0 Å². The van der Waals surface area contributed by atoms with E-state index in [1.54, 1.807) is 37.3 Å². The first-order chi connectivity index (χ1) is 14.5. The lowest BCUT2D eigenvalue weighted by Crippen LogP contribution is -2.41. The molecule has 6 nitrogen and oxygen atoms in total. The number of para-hydroxylation sites is 1. The molecule has 2 amide bonds. The quantitative estimate of drug-likeness (QED) is 0.780. The van der Waals surface area contributed by atoms with Crippen molar-refractivity contribution in [3.8, 4) is 11.5 Å². The van der Waals surface area contributed by atoms with Crippen molar-refractivity contribution in [2.75, 3.05) is 32.6 Å². The molecule has 0 aliphatic carbocycles. The summed E-state index contributed by atoms with van der Waals surface area (Å²) in [7, 11) is 3.12. The van der Waals surface area contributed by atoms with Gasteiger partial charge in [0.15, 0.2) is 11.5 Å². The molecule has 0 atom stereocenters. The number of hydrogen-bond donors (Lipinski definition) is 1. The molecule has 0 unspecified atom stereocenters. The van der Waals surface area contributed by atoms with Gasteiger partial charge in [-0.1, -0.05) is 25.1 Å². The van der Waals surface area contributed by atoms with Crippen molar-refractivity contribution in [2.24, 2.45) is 5.92 Å². The highest BCUT2D eigenvalue weighted by Crippen LogP contribution is 2.29. The first-order valence-corrected chi connectivity index (χ1v) is 10.4. The first-order valence-electron chi connectivity index (χ1n) is 10.4. The third-order valence-corrected chi connectivity index (χ3v) is 5.77. The Kier molecular flexibility index (Phi) is 6.98. The summed E-state index contributed by atoms with van der Waals surface area (Å²) in [6, 6.07) is 11.3. The minimum Gasteiger partial charge on any atom is -0.493 e. The number of piperidine rings is 1.